The van der Waals surface area contributed by atoms with Crippen molar-refractivity contribution in [3.8, 4) is 0 Å². The van der Waals surface area contributed by atoms with Gasteiger partial charge in [-0.2, -0.15) is 5.10 Å². The lowest BCUT2D eigenvalue weighted by Gasteiger charge is -2.27. The zero-order valence-electron chi connectivity index (χ0n) is 17.6. The first-order chi connectivity index (χ1) is 12.7. The van der Waals surface area contributed by atoms with Gasteiger partial charge in [-0.25, -0.2) is 0 Å². The van der Waals surface area contributed by atoms with Crippen LogP contribution < -0.4 is 0 Å². The summed E-state index contributed by atoms with van der Waals surface area (Å²) in [5.41, 5.74) is 4.21. The van der Waals surface area contributed by atoms with Gasteiger partial charge in [0.2, 0.25) is 0 Å². The van der Waals surface area contributed by atoms with Crippen molar-refractivity contribution in [2.24, 2.45) is 0 Å². The van der Waals surface area contributed by atoms with Crippen molar-refractivity contribution in [3.63, 3.8) is 0 Å². The Morgan fingerprint density at radius 2 is 1.89 bits per heavy atom. The van der Waals surface area contributed by atoms with Crippen LogP contribution in [0.2, 0.25) is 0 Å². The maximum atomic E-state index is 13.2. The van der Waals surface area contributed by atoms with Crippen molar-refractivity contribution in [3.05, 3.63) is 52.8 Å². The molecule has 4 heteroatoms. The third-order valence-electron chi connectivity index (χ3n) is 5.52. The molecule has 0 saturated heterocycles. The van der Waals surface area contributed by atoms with E-state index in [-0.39, 0.29) is 17.5 Å². The van der Waals surface area contributed by atoms with Gasteiger partial charge in [0.25, 0.3) is 5.91 Å². The topological polar surface area (TPSA) is 38.1 Å². The smallest absolute Gasteiger partial charge is 0.274 e. The molecule has 1 aliphatic rings. The number of nitrogens with zero attached hydrogens (tertiary/aromatic N) is 3. The molecular weight excluding hydrogens is 334 g/mol. The Balaban J connectivity index is 1.80. The molecule has 1 aliphatic carbocycles. The minimum absolute atomic E-state index is 0.0267. The van der Waals surface area contributed by atoms with Crippen molar-refractivity contribution in [2.45, 2.75) is 77.8 Å². The van der Waals surface area contributed by atoms with Crippen LogP contribution in [-0.2, 0) is 12.0 Å². The molecule has 4 nitrogen and oxygen atoms in total. The minimum atomic E-state index is -0.110. The van der Waals surface area contributed by atoms with E-state index >= 15 is 0 Å². The highest BCUT2D eigenvalue weighted by Crippen LogP contribution is 2.41. The van der Waals surface area contributed by atoms with Crippen LogP contribution in [0.1, 0.15) is 80.2 Å². The number of likely N-dealkylation sites (N-methyl/N-ethyl adjacent to an activating group) is 1. The van der Waals surface area contributed by atoms with Crippen LogP contribution in [0.4, 0.5) is 0 Å². The molecule has 1 atom stereocenters. The molecule has 1 heterocycles. The van der Waals surface area contributed by atoms with Crippen LogP contribution >= 0.6 is 0 Å². The van der Waals surface area contributed by atoms with Gasteiger partial charge in [0.15, 0.2) is 5.69 Å². The fourth-order valence-corrected chi connectivity index (χ4v) is 3.61. The Kier molecular flexibility index (Phi) is 5.45. The molecule has 0 spiro atoms. The predicted octanol–water partition coefficient (Wildman–Crippen LogP) is 4.92. The summed E-state index contributed by atoms with van der Waals surface area (Å²) in [6.07, 6.45) is 4.20. The lowest BCUT2D eigenvalue weighted by atomic mass is 10.0. The first kappa shape index (κ1) is 19.7. The van der Waals surface area contributed by atoms with Crippen LogP contribution in [0.5, 0.6) is 0 Å². The first-order valence-corrected chi connectivity index (χ1v) is 10.1. The summed E-state index contributed by atoms with van der Waals surface area (Å²) >= 11 is 0. The number of hydrogen-bond donors (Lipinski definition) is 0. The van der Waals surface area contributed by atoms with E-state index in [9.17, 15) is 4.79 Å². The molecule has 0 aliphatic heterocycles. The number of hydrogen-bond acceptors (Lipinski definition) is 2. The molecule has 1 amide bonds. The van der Waals surface area contributed by atoms with Crippen LogP contribution in [0, 0.1) is 6.92 Å². The maximum Gasteiger partial charge on any atom is 0.274 e. The second kappa shape index (κ2) is 7.49. The normalized spacial score (nSPS) is 15.6. The maximum absolute atomic E-state index is 13.2. The Labute approximate surface area is 163 Å². The molecule has 3 rings (SSSR count). The zero-order valence-corrected chi connectivity index (χ0v) is 17.6. The number of aryl methyl sites for hydroxylation is 1. The van der Waals surface area contributed by atoms with E-state index in [1.165, 1.54) is 29.7 Å². The molecule has 2 aromatic rings. The lowest BCUT2D eigenvalue weighted by Crippen LogP contribution is -2.38. The van der Waals surface area contributed by atoms with Crippen LogP contribution in [0.25, 0.3) is 0 Å². The van der Waals surface area contributed by atoms with Gasteiger partial charge in [-0.3, -0.25) is 9.48 Å². The standard InChI is InChI=1S/C23H33N3O/c1-7-19(14-17-10-8-16(2)9-11-17)25(6)22(27)20-15-21(18-12-13-18)26(24-20)23(3,4)5/h8-11,15,18-19H,7,12-14H2,1-6H3/t19-/m1/s1. The summed E-state index contributed by atoms with van der Waals surface area (Å²) in [4.78, 5) is 15.1. The van der Waals surface area contributed by atoms with Gasteiger partial charge in [0, 0.05) is 24.7 Å². The summed E-state index contributed by atoms with van der Waals surface area (Å²) < 4.78 is 2.06. The third kappa shape index (κ3) is 4.42. The number of amides is 1. The lowest BCUT2D eigenvalue weighted by molar-refractivity contribution is 0.0719. The van der Waals surface area contributed by atoms with Crippen LogP contribution in [0.15, 0.2) is 30.3 Å². The SMILES string of the molecule is CC[C@H](Cc1ccc(C)cc1)N(C)C(=O)c1cc(C2CC2)n(C(C)(C)C)n1. The van der Waals surface area contributed by atoms with E-state index in [2.05, 4.69) is 63.6 Å². The molecule has 0 N–H and O–H groups in total. The Morgan fingerprint density at radius 1 is 1.26 bits per heavy atom. The zero-order chi connectivity index (χ0) is 19.8. The molecule has 27 heavy (non-hydrogen) atoms. The highest BCUT2D eigenvalue weighted by atomic mass is 16.2. The fourth-order valence-electron chi connectivity index (χ4n) is 3.61. The number of carbonyl (C=O) groups excluding carboxylic acids is 1. The van der Waals surface area contributed by atoms with E-state index in [1.54, 1.807) is 0 Å². The van der Waals surface area contributed by atoms with E-state index in [0.29, 0.717) is 11.6 Å². The Bertz CT molecular complexity index is 794. The number of carbonyl (C=O) groups is 1. The first-order valence-electron chi connectivity index (χ1n) is 10.1. The summed E-state index contributed by atoms with van der Waals surface area (Å²) in [6.45, 7) is 10.7. The molecular formula is C23H33N3O. The molecule has 1 saturated carbocycles. The van der Waals surface area contributed by atoms with Gasteiger partial charge in [0.05, 0.1) is 5.54 Å². The second-order valence-electron chi connectivity index (χ2n) is 8.98. The monoisotopic (exact) mass is 367 g/mol. The van der Waals surface area contributed by atoms with Crippen LogP contribution in [0.3, 0.4) is 0 Å². The van der Waals surface area contributed by atoms with Crippen molar-refractivity contribution in [1.29, 1.82) is 0 Å². The molecule has 1 aromatic heterocycles. The molecule has 0 unspecified atom stereocenters. The second-order valence-corrected chi connectivity index (χ2v) is 8.98. The van der Waals surface area contributed by atoms with Gasteiger partial charge in [0.1, 0.15) is 0 Å². The van der Waals surface area contributed by atoms with Crippen LogP contribution in [-0.4, -0.2) is 33.7 Å². The van der Waals surface area contributed by atoms with Crippen molar-refractivity contribution >= 4 is 5.91 Å². The number of benzene rings is 1. The van der Waals surface area contributed by atoms with E-state index < -0.39 is 0 Å². The van der Waals surface area contributed by atoms with E-state index in [0.717, 1.165) is 12.8 Å². The highest BCUT2D eigenvalue weighted by Gasteiger charge is 2.33. The Hall–Kier alpha value is -2.10. The van der Waals surface area contributed by atoms with Gasteiger partial charge in [-0.05, 0) is 65.0 Å². The molecule has 1 fully saturated rings. The third-order valence-corrected chi connectivity index (χ3v) is 5.52. The quantitative estimate of drug-likeness (QED) is 0.727. The van der Waals surface area contributed by atoms with Crippen molar-refractivity contribution in [1.82, 2.24) is 14.7 Å². The molecule has 146 valence electrons. The number of rotatable bonds is 6. The minimum Gasteiger partial charge on any atom is -0.337 e. The molecule has 0 radical (unpaired) electrons. The summed E-state index contributed by atoms with van der Waals surface area (Å²) in [5.74, 6) is 0.594. The largest absolute Gasteiger partial charge is 0.337 e. The highest BCUT2D eigenvalue weighted by molar-refractivity contribution is 5.92. The van der Waals surface area contributed by atoms with Gasteiger partial charge >= 0.3 is 0 Å². The average molecular weight is 368 g/mol. The molecule has 1 aromatic carbocycles. The Morgan fingerprint density at radius 3 is 2.41 bits per heavy atom. The molecule has 0 bridgehead atoms. The summed E-state index contributed by atoms with van der Waals surface area (Å²) in [6, 6.07) is 10.8. The average Bonchev–Trinajstić information content (AvgIpc) is 3.37. The van der Waals surface area contributed by atoms with Gasteiger partial charge in [-0.1, -0.05) is 36.8 Å². The van der Waals surface area contributed by atoms with Gasteiger partial charge in [-0.15, -0.1) is 0 Å². The number of aromatic nitrogens is 2. The van der Waals surface area contributed by atoms with Crippen molar-refractivity contribution < 1.29 is 4.79 Å². The van der Waals surface area contributed by atoms with E-state index in [1.807, 2.05) is 18.0 Å². The summed E-state index contributed by atoms with van der Waals surface area (Å²) in [7, 11) is 1.91. The fraction of sp³-hybridized carbons (Fsp3) is 0.565. The van der Waals surface area contributed by atoms with Gasteiger partial charge < -0.3 is 4.90 Å². The van der Waals surface area contributed by atoms with E-state index in [4.69, 9.17) is 5.10 Å². The predicted molar refractivity (Wildman–Crippen MR) is 110 cm³/mol. The summed E-state index contributed by atoms with van der Waals surface area (Å²) in [5, 5.41) is 4.72. The van der Waals surface area contributed by atoms with Crippen molar-refractivity contribution in [2.75, 3.05) is 7.05 Å².